The predicted molar refractivity (Wildman–Crippen MR) is 101 cm³/mol. The summed E-state index contributed by atoms with van der Waals surface area (Å²) < 4.78 is 3.36. The topological polar surface area (TPSA) is 52.2 Å². The molecule has 0 radical (unpaired) electrons. The van der Waals surface area contributed by atoms with Crippen molar-refractivity contribution in [3.63, 3.8) is 0 Å². The Morgan fingerprint density at radius 3 is 2.60 bits per heavy atom. The molecule has 2 aromatic heterocycles. The number of nitrogens with zero attached hydrogens (tertiary/aromatic N) is 4. The largest absolute Gasteiger partial charge is 0.300 e. The van der Waals surface area contributed by atoms with Gasteiger partial charge in [-0.15, -0.1) is 10.2 Å². The van der Waals surface area contributed by atoms with E-state index in [1.54, 1.807) is 39.1 Å². The molecule has 0 amide bonds. The minimum Gasteiger partial charge on any atom is -0.280 e. The van der Waals surface area contributed by atoms with Crippen LogP contribution in [0.25, 0.3) is 11.3 Å². The van der Waals surface area contributed by atoms with Crippen LogP contribution >= 0.6 is 23.4 Å². The van der Waals surface area contributed by atoms with E-state index in [9.17, 15) is 4.79 Å². The number of halogens is 1. The van der Waals surface area contributed by atoms with Gasteiger partial charge in [-0.25, -0.2) is 0 Å². The average molecular weight is 375 g/mol. The molecule has 4 rings (SSSR count). The molecule has 7 heteroatoms. The van der Waals surface area contributed by atoms with Crippen LogP contribution in [0.2, 0.25) is 5.02 Å². The van der Waals surface area contributed by atoms with Crippen molar-refractivity contribution in [2.45, 2.75) is 37.3 Å². The highest BCUT2D eigenvalue weighted by Gasteiger charge is 2.17. The van der Waals surface area contributed by atoms with Crippen LogP contribution in [0.1, 0.15) is 32.1 Å². The lowest BCUT2D eigenvalue weighted by molar-refractivity contribution is 0.390. The first-order valence-corrected chi connectivity index (χ1v) is 9.94. The van der Waals surface area contributed by atoms with E-state index in [0.29, 0.717) is 10.7 Å². The van der Waals surface area contributed by atoms with Gasteiger partial charge in [-0.1, -0.05) is 42.6 Å². The number of fused-ring (bicyclic) bond motifs is 1. The van der Waals surface area contributed by atoms with Crippen molar-refractivity contribution < 1.29 is 0 Å². The first kappa shape index (κ1) is 16.7. The van der Waals surface area contributed by atoms with Crippen LogP contribution in [0.3, 0.4) is 0 Å². The molecule has 0 bridgehead atoms. The Morgan fingerprint density at radius 1 is 1.08 bits per heavy atom. The molecule has 1 saturated carbocycles. The lowest BCUT2D eigenvalue weighted by Crippen LogP contribution is -2.20. The van der Waals surface area contributed by atoms with Crippen molar-refractivity contribution in [1.82, 2.24) is 19.2 Å². The fourth-order valence-electron chi connectivity index (χ4n) is 3.32. The molecule has 1 fully saturated rings. The quantitative estimate of drug-likeness (QED) is 0.642. The molecular formula is C18H19ClN4OS. The van der Waals surface area contributed by atoms with Crippen LogP contribution in [-0.2, 0) is 0 Å². The number of thioether (sulfide) groups is 1. The van der Waals surface area contributed by atoms with Gasteiger partial charge in [0.1, 0.15) is 0 Å². The van der Waals surface area contributed by atoms with Gasteiger partial charge in [-0.3, -0.25) is 13.8 Å². The molecule has 0 atom stereocenters. The molecule has 5 nitrogen and oxygen atoms in total. The van der Waals surface area contributed by atoms with E-state index in [4.69, 9.17) is 11.6 Å². The minimum absolute atomic E-state index is 0.179. The predicted octanol–water partition coefficient (Wildman–Crippen LogP) is 4.21. The molecule has 1 aliphatic carbocycles. The number of hydrogen-bond donors (Lipinski definition) is 0. The van der Waals surface area contributed by atoms with Crippen molar-refractivity contribution >= 4 is 29.0 Å². The highest BCUT2D eigenvalue weighted by Crippen LogP contribution is 2.29. The SMILES string of the molecule is O=c1c2nnc(SCC3CCCCC3)n2ccn1-c1ccc(Cl)cc1. The fourth-order valence-corrected chi connectivity index (χ4v) is 4.54. The van der Waals surface area contributed by atoms with Gasteiger partial charge < -0.3 is 0 Å². The van der Waals surface area contributed by atoms with Crippen LogP contribution in [0.5, 0.6) is 0 Å². The van der Waals surface area contributed by atoms with Gasteiger partial charge in [-0.05, 0) is 43.0 Å². The van der Waals surface area contributed by atoms with Gasteiger partial charge in [0.25, 0.3) is 0 Å². The van der Waals surface area contributed by atoms with E-state index in [1.165, 1.54) is 32.1 Å². The molecule has 130 valence electrons. The molecule has 0 aliphatic heterocycles. The fraction of sp³-hybridized carbons (Fsp3) is 0.389. The van der Waals surface area contributed by atoms with Crippen molar-refractivity contribution in [1.29, 1.82) is 0 Å². The Hall–Kier alpha value is -1.79. The molecule has 0 unspecified atom stereocenters. The summed E-state index contributed by atoms with van der Waals surface area (Å²) in [6.45, 7) is 0. The summed E-state index contributed by atoms with van der Waals surface area (Å²) >= 11 is 7.62. The second-order valence-electron chi connectivity index (χ2n) is 6.44. The Labute approximate surface area is 155 Å². The smallest absolute Gasteiger partial charge is 0.280 e. The Kier molecular flexibility index (Phi) is 4.81. The zero-order valence-electron chi connectivity index (χ0n) is 13.8. The van der Waals surface area contributed by atoms with Crippen LogP contribution in [0.15, 0.2) is 46.6 Å². The third-order valence-electron chi connectivity index (χ3n) is 4.72. The molecular weight excluding hydrogens is 356 g/mol. The summed E-state index contributed by atoms with van der Waals surface area (Å²) in [6.07, 6.45) is 10.2. The molecule has 3 aromatic rings. The molecule has 0 N–H and O–H groups in total. The Bertz CT molecular complexity index is 928. The number of hydrogen-bond acceptors (Lipinski definition) is 4. The summed E-state index contributed by atoms with van der Waals surface area (Å²) in [7, 11) is 0. The van der Waals surface area contributed by atoms with Crippen molar-refractivity contribution in [2.24, 2.45) is 5.92 Å². The van der Waals surface area contributed by atoms with E-state index in [1.807, 2.05) is 18.3 Å². The molecule has 1 aliphatic rings. The van der Waals surface area contributed by atoms with Crippen molar-refractivity contribution in [3.05, 3.63) is 52.0 Å². The normalized spacial score (nSPS) is 15.7. The van der Waals surface area contributed by atoms with E-state index >= 15 is 0 Å². The zero-order valence-corrected chi connectivity index (χ0v) is 15.3. The summed E-state index contributed by atoms with van der Waals surface area (Å²) in [5.74, 6) is 1.79. The van der Waals surface area contributed by atoms with E-state index in [2.05, 4.69) is 10.2 Å². The van der Waals surface area contributed by atoms with Crippen LogP contribution in [0.4, 0.5) is 0 Å². The number of rotatable bonds is 4. The summed E-state index contributed by atoms with van der Waals surface area (Å²) in [5.41, 5.74) is 0.932. The second-order valence-corrected chi connectivity index (χ2v) is 7.86. The van der Waals surface area contributed by atoms with Gasteiger partial charge in [-0.2, -0.15) is 0 Å². The highest BCUT2D eigenvalue weighted by molar-refractivity contribution is 7.99. The minimum atomic E-state index is -0.179. The Balaban J connectivity index is 1.60. The maximum absolute atomic E-state index is 12.7. The molecule has 2 heterocycles. The Morgan fingerprint density at radius 2 is 1.84 bits per heavy atom. The summed E-state index contributed by atoms with van der Waals surface area (Å²) in [5, 5.41) is 9.78. The third kappa shape index (κ3) is 3.46. The van der Waals surface area contributed by atoms with Gasteiger partial charge in [0.15, 0.2) is 5.16 Å². The first-order chi connectivity index (χ1) is 12.2. The number of aromatic nitrogens is 4. The first-order valence-electron chi connectivity index (χ1n) is 8.57. The second kappa shape index (κ2) is 7.22. The van der Waals surface area contributed by atoms with E-state index in [0.717, 1.165) is 22.5 Å². The standard InChI is InChI=1S/C18H19ClN4OS/c19-14-6-8-15(9-7-14)22-10-11-23-16(17(22)24)20-21-18(23)25-12-13-4-2-1-3-5-13/h6-11,13H,1-5,12H2. The van der Waals surface area contributed by atoms with E-state index < -0.39 is 0 Å². The van der Waals surface area contributed by atoms with Gasteiger partial charge >= 0.3 is 5.56 Å². The van der Waals surface area contributed by atoms with Crippen LogP contribution in [-0.4, -0.2) is 24.9 Å². The monoisotopic (exact) mass is 374 g/mol. The average Bonchev–Trinajstić information content (AvgIpc) is 3.06. The molecule has 0 saturated heterocycles. The highest BCUT2D eigenvalue weighted by atomic mass is 35.5. The molecule has 25 heavy (non-hydrogen) atoms. The third-order valence-corrected chi connectivity index (χ3v) is 6.14. The molecule has 1 aromatic carbocycles. The van der Waals surface area contributed by atoms with Crippen molar-refractivity contribution in [3.8, 4) is 5.69 Å². The van der Waals surface area contributed by atoms with Gasteiger partial charge in [0, 0.05) is 28.9 Å². The maximum atomic E-state index is 12.7. The zero-order chi connectivity index (χ0) is 17.2. The van der Waals surface area contributed by atoms with Gasteiger partial charge in [0.05, 0.1) is 0 Å². The lowest BCUT2D eigenvalue weighted by atomic mass is 9.91. The summed E-state index contributed by atoms with van der Waals surface area (Å²) in [4.78, 5) is 12.7. The lowest BCUT2D eigenvalue weighted by Gasteiger charge is -2.20. The number of benzene rings is 1. The van der Waals surface area contributed by atoms with Crippen molar-refractivity contribution in [2.75, 3.05) is 5.75 Å². The molecule has 0 spiro atoms. The van der Waals surface area contributed by atoms with E-state index in [-0.39, 0.29) is 5.56 Å². The maximum Gasteiger partial charge on any atom is 0.300 e. The van der Waals surface area contributed by atoms with Crippen LogP contribution in [0, 0.1) is 5.92 Å². The summed E-state index contributed by atoms with van der Waals surface area (Å²) in [6, 6.07) is 7.16. The van der Waals surface area contributed by atoms with Gasteiger partial charge in [0.2, 0.25) is 5.65 Å². The van der Waals surface area contributed by atoms with Crippen LogP contribution < -0.4 is 5.56 Å².